The van der Waals surface area contributed by atoms with E-state index in [0.29, 0.717) is 17.1 Å². The van der Waals surface area contributed by atoms with E-state index in [9.17, 15) is 14.7 Å². The number of furan rings is 1. The van der Waals surface area contributed by atoms with Crippen molar-refractivity contribution in [1.29, 1.82) is 0 Å². The summed E-state index contributed by atoms with van der Waals surface area (Å²) in [5.41, 5.74) is -0.841. The molecule has 0 saturated heterocycles. The van der Waals surface area contributed by atoms with Crippen LogP contribution in [0.15, 0.2) is 39.7 Å². The summed E-state index contributed by atoms with van der Waals surface area (Å²) < 4.78 is 6.70. The standard InChI is InChI=1S/C16H20N2O4/c1-11-8-13(12(2)22-11)16(3,21)10-17-14(19)9-18-7-5-4-6-15(18)20/h4-8,21H,9-10H2,1-3H3,(H,17,19). The first-order chi connectivity index (χ1) is 10.3. The molecule has 0 bridgehead atoms. The van der Waals surface area contributed by atoms with Gasteiger partial charge < -0.3 is 19.4 Å². The van der Waals surface area contributed by atoms with Crippen molar-refractivity contribution in [1.82, 2.24) is 9.88 Å². The van der Waals surface area contributed by atoms with Crippen molar-refractivity contribution >= 4 is 5.91 Å². The van der Waals surface area contributed by atoms with Gasteiger partial charge in [0.05, 0.1) is 6.54 Å². The molecule has 0 fully saturated rings. The molecular formula is C16H20N2O4. The quantitative estimate of drug-likeness (QED) is 0.866. The van der Waals surface area contributed by atoms with E-state index in [2.05, 4.69) is 5.32 Å². The smallest absolute Gasteiger partial charge is 0.250 e. The molecule has 0 aliphatic carbocycles. The minimum atomic E-state index is -1.24. The number of aromatic nitrogens is 1. The van der Waals surface area contributed by atoms with Gasteiger partial charge in [0.15, 0.2) is 0 Å². The third-order valence-electron chi connectivity index (χ3n) is 3.46. The van der Waals surface area contributed by atoms with Crippen molar-refractivity contribution in [3.63, 3.8) is 0 Å². The number of hydrogen-bond donors (Lipinski definition) is 2. The van der Waals surface area contributed by atoms with Crippen molar-refractivity contribution in [3.05, 3.63) is 57.9 Å². The van der Waals surface area contributed by atoms with Crippen LogP contribution < -0.4 is 10.9 Å². The van der Waals surface area contributed by atoms with E-state index in [4.69, 9.17) is 4.42 Å². The van der Waals surface area contributed by atoms with Gasteiger partial charge in [0.25, 0.3) is 5.56 Å². The van der Waals surface area contributed by atoms with Gasteiger partial charge in [-0.3, -0.25) is 9.59 Å². The Labute approximate surface area is 128 Å². The third kappa shape index (κ3) is 3.65. The molecule has 118 valence electrons. The minimum Gasteiger partial charge on any atom is -0.466 e. The molecule has 2 N–H and O–H groups in total. The van der Waals surface area contributed by atoms with E-state index >= 15 is 0 Å². The van der Waals surface area contributed by atoms with E-state index in [1.54, 1.807) is 45.2 Å². The molecule has 1 atom stereocenters. The maximum absolute atomic E-state index is 11.9. The summed E-state index contributed by atoms with van der Waals surface area (Å²) in [5, 5.41) is 13.1. The lowest BCUT2D eigenvalue weighted by Crippen LogP contribution is -2.41. The predicted molar refractivity (Wildman–Crippen MR) is 81.5 cm³/mol. The van der Waals surface area contributed by atoms with Gasteiger partial charge in [-0.1, -0.05) is 6.07 Å². The van der Waals surface area contributed by atoms with Gasteiger partial charge in [-0.2, -0.15) is 0 Å². The zero-order chi connectivity index (χ0) is 16.3. The van der Waals surface area contributed by atoms with E-state index in [1.807, 2.05) is 0 Å². The normalized spacial score (nSPS) is 13.6. The summed E-state index contributed by atoms with van der Waals surface area (Å²) in [4.78, 5) is 23.5. The number of aryl methyl sites for hydroxylation is 2. The van der Waals surface area contributed by atoms with E-state index in [1.165, 1.54) is 10.6 Å². The first kappa shape index (κ1) is 16.0. The van der Waals surface area contributed by atoms with Crippen LogP contribution in [-0.4, -0.2) is 22.1 Å². The summed E-state index contributed by atoms with van der Waals surface area (Å²) >= 11 is 0. The van der Waals surface area contributed by atoms with Gasteiger partial charge in [0.2, 0.25) is 5.91 Å². The largest absolute Gasteiger partial charge is 0.466 e. The number of aliphatic hydroxyl groups is 1. The predicted octanol–water partition coefficient (Wildman–Crippen LogP) is 1.08. The molecule has 6 heteroatoms. The summed E-state index contributed by atoms with van der Waals surface area (Å²) in [6.07, 6.45) is 1.55. The van der Waals surface area contributed by atoms with Crippen LogP contribution in [0, 0.1) is 13.8 Å². The molecule has 2 aromatic rings. The molecule has 2 heterocycles. The number of carbonyl (C=O) groups is 1. The summed E-state index contributed by atoms with van der Waals surface area (Å²) in [5.74, 6) is 0.984. The number of amides is 1. The molecule has 2 rings (SSSR count). The highest BCUT2D eigenvalue weighted by Crippen LogP contribution is 2.26. The van der Waals surface area contributed by atoms with Crippen LogP contribution in [0.25, 0.3) is 0 Å². The molecule has 0 saturated carbocycles. The highest BCUT2D eigenvalue weighted by molar-refractivity contribution is 5.75. The Bertz CT molecular complexity index is 728. The maximum Gasteiger partial charge on any atom is 0.250 e. The Balaban J connectivity index is 2.00. The first-order valence-electron chi connectivity index (χ1n) is 7.01. The van der Waals surface area contributed by atoms with Crippen LogP contribution in [-0.2, 0) is 16.9 Å². The van der Waals surface area contributed by atoms with Crippen molar-refractivity contribution in [2.24, 2.45) is 0 Å². The van der Waals surface area contributed by atoms with Gasteiger partial charge in [-0.15, -0.1) is 0 Å². The minimum absolute atomic E-state index is 0.0350. The molecular weight excluding hydrogens is 284 g/mol. The summed E-state index contributed by atoms with van der Waals surface area (Å²) in [7, 11) is 0. The fourth-order valence-corrected chi connectivity index (χ4v) is 2.33. The van der Waals surface area contributed by atoms with Gasteiger partial charge in [-0.05, 0) is 32.9 Å². The zero-order valence-electron chi connectivity index (χ0n) is 12.9. The van der Waals surface area contributed by atoms with Crippen molar-refractivity contribution in [3.8, 4) is 0 Å². The second-order valence-corrected chi connectivity index (χ2v) is 5.54. The SMILES string of the molecule is Cc1cc(C(C)(O)CNC(=O)Cn2ccccc2=O)c(C)o1. The Morgan fingerprint density at radius 2 is 2.14 bits per heavy atom. The fourth-order valence-electron chi connectivity index (χ4n) is 2.33. The first-order valence-corrected chi connectivity index (χ1v) is 7.01. The number of carbonyl (C=O) groups excluding carboxylic acids is 1. The van der Waals surface area contributed by atoms with Crippen LogP contribution >= 0.6 is 0 Å². The molecule has 0 aliphatic rings. The fraction of sp³-hybridized carbons (Fsp3) is 0.375. The molecule has 0 radical (unpaired) electrons. The topological polar surface area (TPSA) is 84.5 Å². The van der Waals surface area contributed by atoms with Gasteiger partial charge in [0, 0.05) is 17.8 Å². The Morgan fingerprint density at radius 3 is 2.73 bits per heavy atom. The van der Waals surface area contributed by atoms with Crippen LogP contribution in [0.1, 0.15) is 24.0 Å². The monoisotopic (exact) mass is 304 g/mol. The van der Waals surface area contributed by atoms with Gasteiger partial charge in [-0.25, -0.2) is 0 Å². The zero-order valence-corrected chi connectivity index (χ0v) is 12.9. The van der Waals surface area contributed by atoms with Gasteiger partial charge >= 0.3 is 0 Å². The molecule has 1 amide bonds. The molecule has 22 heavy (non-hydrogen) atoms. The number of nitrogens with one attached hydrogen (secondary N) is 1. The molecule has 0 aromatic carbocycles. The number of pyridine rings is 1. The van der Waals surface area contributed by atoms with Crippen LogP contribution in [0.5, 0.6) is 0 Å². The number of rotatable bonds is 5. The molecule has 1 unspecified atom stereocenters. The third-order valence-corrected chi connectivity index (χ3v) is 3.46. The maximum atomic E-state index is 11.9. The summed E-state index contributed by atoms with van der Waals surface area (Å²) in [6.45, 7) is 5.13. The number of nitrogens with zero attached hydrogens (tertiary/aromatic N) is 1. The molecule has 6 nitrogen and oxygen atoms in total. The van der Waals surface area contributed by atoms with Crippen molar-refractivity contribution < 1.29 is 14.3 Å². The lowest BCUT2D eigenvalue weighted by Gasteiger charge is -2.23. The lowest BCUT2D eigenvalue weighted by molar-refractivity contribution is -0.122. The van der Waals surface area contributed by atoms with Crippen molar-refractivity contribution in [2.45, 2.75) is 32.9 Å². The molecule has 0 aliphatic heterocycles. The highest BCUT2D eigenvalue weighted by atomic mass is 16.3. The lowest BCUT2D eigenvalue weighted by atomic mass is 9.96. The van der Waals surface area contributed by atoms with Crippen LogP contribution in [0.3, 0.4) is 0 Å². The Morgan fingerprint density at radius 1 is 1.41 bits per heavy atom. The second kappa shape index (κ2) is 6.19. The molecule has 2 aromatic heterocycles. The molecule has 0 spiro atoms. The highest BCUT2D eigenvalue weighted by Gasteiger charge is 2.28. The van der Waals surface area contributed by atoms with E-state index in [-0.39, 0.29) is 24.6 Å². The Kier molecular flexibility index (Phi) is 4.51. The number of hydrogen-bond acceptors (Lipinski definition) is 4. The van der Waals surface area contributed by atoms with E-state index < -0.39 is 5.60 Å². The average Bonchev–Trinajstić information content (AvgIpc) is 2.79. The average molecular weight is 304 g/mol. The van der Waals surface area contributed by atoms with Crippen LogP contribution in [0.4, 0.5) is 0 Å². The summed E-state index contributed by atoms with van der Waals surface area (Å²) in [6, 6.07) is 6.44. The Hall–Kier alpha value is -2.34. The second-order valence-electron chi connectivity index (χ2n) is 5.54. The van der Waals surface area contributed by atoms with Crippen LogP contribution in [0.2, 0.25) is 0 Å². The van der Waals surface area contributed by atoms with Gasteiger partial charge in [0.1, 0.15) is 23.7 Å². The van der Waals surface area contributed by atoms with Crippen molar-refractivity contribution in [2.75, 3.05) is 6.54 Å². The van der Waals surface area contributed by atoms with E-state index in [0.717, 1.165) is 0 Å².